The average Bonchev–Trinajstić information content (AvgIpc) is 2.89. The predicted molar refractivity (Wildman–Crippen MR) is 150 cm³/mol. The third kappa shape index (κ3) is 9.41. The zero-order valence-corrected chi connectivity index (χ0v) is 23.5. The van der Waals surface area contributed by atoms with Crippen LogP contribution in [-0.2, 0) is 19.6 Å². The van der Waals surface area contributed by atoms with Crippen LogP contribution in [0.25, 0.3) is 0 Å². The van der Waals surface area contributed by atoms with Crippen LogP contribution in [-0.4, -0.2) is 57.6 Å². The summed E-state index contributed by atoms with van der Waals surface area (Å²) in [5.74, 6) is 3.11. The number of hydrogen-bond acceptors (Lipinski definition) is 6. The highest BCUT2D eigenvalue weighted by molar-refractivity contribution is 7.88. The second-order valence-electron chi connectivity index (χ2n) is 11.0. The lowest BCUT2D eigenvalue weighted by atomic mass is 9.81. The third-order valence-corrected chi connectivity index (χ3v) is 8.63. The predicted octanol–water partition coefficient (Wildman–Crippen LogP) is 5.44. The molecule has 4 aliphatic rings. The first-order valence-corrected chi connectivity index (χ1v) is 16.1. The van der Waals surface area contributed by atoms with Crippen molar-refractivity contribution in [2.24, 2.45) is 17.0 Å². The molecule has 1 saturated heterocycles. The summed E-state index contributed by atoms with van der Waals surface area (Å²) in [4.78, 5) is 8.12. The largest absolute Gasteiger partial charge is 0.462 e. The van der Waals surface area contributed by atoms with Crippen LogP contribution in [0.4, 0.5) is 0 Å². The van der Waals surface area contributed by atoms with Crippen LogP contribution in [0.15, 0.2) is 52.6 Å². The molecule has 206 valence electrons. The molecule has 7 nitrogen and oxygen atoms in total. The van der Waals surface area contributed by atoms with Gasteiger partial charge in [0.1, 0.15) is 18.1 Å². The Morgan fingerprint density at radius 1 is 1.11 bits per heavy atom. The van der Waals surface area contributed by atoms with Gasteiger partial charge in [-0.2, -0.15) is 0 Å². The fourth-order valence-electron chi connectivity index (χ4n) is 5.89. The fraction of sp³-hybridized carbons (Fsp3) is 0.690. The van der Waals surface area contributed by atoms with Crippen LogP contribution in [0.5, 0.6) is 0 Å². The van der Waals surface area contributed by atoms with Crippen molar-refractivity contribution >= 4 is 15.7 Å². The Labute approximate surface area is 223 Å². The molecule has 1 aliphatic heterocycles. The summed E-state index contributed by atoms with van der Waals surface area (Å²) < 4.78 is 31.5. The van der Waals surface area contributed by atoms with Gasteiger partial charge in [-0.15, -0.1) is 0 Å². The van der Waals surface area contributed by atoms with E-state index in [1.54, 1.807) is 0 Å². The number of rotatable bonds is 11. The maximum absolute atomic E-state index is 11.4. The second-order valence-corrected chi connectivity index (χ2v) is 12.8. The van der Waals surface area contributed by atoms with Gasteiger partial charge in [0.15, 0.2) is 0 Å². The molecule has 4 rings (SSSR count). The molecule has 1 heterocycles. The van der Waals surface area contributed by atoms with Crippen LogP contribution in [0.1, 0.15) is 77.6 Å². The number of piperidine rings is 1. The minimum absolute atomic E-state index is 0.202. The molecule has 1 saturated carbocycles. The monoisotopic (exact) mass is 531 g/mol. The van der Waals surface area contributed by atoms with E-state index in [1.807, 2.05) is 25.2 Å². The molecule has 0 aromatic heterocycles. The normalized spacial score (nSPS) is 24.9. The van der Waals surface area contributed by atoms with Crippen LogP contribution in [0.3, 0.4) is 0 Å². The van der Waals surface area contributed by atoms with Crippen molar-refractivity contribution in [1.29, 1.82) is 0 Å². The number of sulfonamides is 1. The summed E-state index contributed by atoms with van der Waals surface area (Å²) >= 11 is 0. The van der Waals surface area contributed by atoms with Gasteiger partial charge in [0, 0.05) is 24.9 Å². The average molecular weight is 532 g/mol. The topological polar surface area (TPSA) is 80.2 Å². The van der Waals surface area contributed by atoms with Gasteiger partial charge < -0.3 is 9.57 Å². The first-order valence-electron chi connectivity index (χ1n) is 14.2. The molecular formula is C29H45N3O4S. The van der Waals surface area contributed by atoms with Gasteiger partial charge >= 0.3 is 0 Å². The fourth-order valence-corrected chi connectivity index (χ4v) is 6.62. The summed E-state index contributed by atoms with van der Waals surface area (Å²) in [6.07, 6.45) is 24.0. The van der Waals surface area contributed by atoms with E-state index in [-0.39, 0.29) is 6.04 Å². The van der Waals surface area contributed by atoms with Crippen molar-refractivity contribution in [1.82, 2.24) is 9.62 Å². The Balaban J connectivity index is 1.22. The Kier molecular flexibility index (Phi) is 10.5. The van der Waals surface area contributed by atoms with E-state index in [4.69, 9.17) is 9.57 Å². The second kappa shape index (κ2) is 13.8. The van der Waals surface area contributed by atoms with Gasteiger partial charge in [0.2, 0.25) is 10.0 Å². The van der Waals surface area contributed by atoms with Crippen molar-refractivity contribution in [2.75, 3.05) is 32.5 Å². The van der Waals surface area contributed by atoms with Gasteiger partial charge in [-0.1, -0.05) is 55.0 Å². The lowest BCUT2D eigenvalue weighted by molar-refractivity contribution is 0.151. The molecule has 3 aliphatic carbocycles. The first kappa shape index (κ1) is 28.1. The van der Waals surface area contributed by atoms with Crippen molar-refractivity contribution < 1.29 is 18.0 Å². The molecule has 8 heteroatoms. The molecule has 0 amide bonds. The lowest BCUT2D eigenvalue weighted by Crippen LogP contribution is -2.38. The zero-order chi connectivity index (χ0) is 26.1. The first-order chi connectivity index (χ1) is 17.9. The number of nitrogens with one attached hydrogen (secondary N) is 1. The number of oxime groups is 1. The number of hydrogen-bond donors (Lipinski definition) is 1. The lowest BCUT2D eigenvalue weighted by Gasteiger charge is -2.34. The van der Waals surface area contributed by atoms with Gasteiger partial charge in [-0.05, 0) is 76.3 Å². The highest BCUT2D eigenvalue weighted by atomic mass is 32.2. The minimum Gasteiger partial charge on any atom is -0.462 e. The van der Waals surface area contributed by atoms with Gasteiger partial charge in [-0.25, -0.2) is 13.1 Å². The molecule has 1 N–H and O–H groups in total. The molecule has 1 atom stereocenters. The minimum atomic E-state index is -3.21. The van der Waals surface area contributed by atoms with E-state index >= 15 is 0 Å². The highest BCUT2D eigenvalue weighted by Crippen LogP contribution is 2.31. The molecule has 0 aromatic carbocycles. The third-order valence-electron chi connectivity index (χ3n) is 7.90. The van der Waals surface area contributed by atoms with Crippen LogP contribution < -0.4 is 4.72 Å². The van der Waals surface area contributed by atoms with Crippen molar-refractivity contribution in [3.63, 3.8) is 0 Å². The molecule has 0 bridgehead atoms. The van der Waals surface area contributed by atoms with Gasteiger partial charge in [0.25, 0.3) is 0 Å². The standard InChI is InChI=1S/C29H45N3O4S/c1-3-35-30-29(21-23-7-5-4-6-8-23)25-17-19-32(20-18-25)22-24-9-13-27(14-10-24)36-28-15-11-26(12-16-28)31-37(2,33)34/h9,11,13,15-16,23,25-26,31H,3-8,10,12,14,17-22H2,1-2H3/b30-29+/t26-/m1/s1. The number of allylic oxidation sites excluding steroid dienone is 4. The number of nitrogens with zero attached hydrogens (tertiary/aromatic N) is 2. The van der Waals surface area contributed by atoms with E-state index in [0.717, 1.165) is 56.3 Å². The number of ether oxygens (including phenoxy) is 1. The maximum atomic E-state index is 11.4. The SMILES string of the molecule is CCO/N=C(\CC1CCCCC1)C1CCN(CC2=CC=C(OC3=CC[C@H](NS(C)(=O)=O)C=C3)CC2)CC1. The van der Waals surface area contributed by atoms with E-state index in [9.17, 15) is 8.42 Å². The zero-order valence-electron chi connectivity index (χ0n) is 22.7. The Morgan fingerprint density at radius 2 is 1.89 bits per heavy atom. The smallest absolute Gasteiger partial charge is 0.209 e. The summed E-state index contributed by atoms with van der Waals surface area (Å²) in [5.41, 5.74) is 2.78. The Morgan fingerprint density at radius 3 is 2.51 bits per heavy atom. The molecule has 0 spiro atoms. The summed E-state index contributed by atoms with van der Waals surface area (Å²) in [6.45, 7) is 5.93. The highest BCUT2D eigenvalue weighted by Gasteiger charge is 2.27. The molecule has 0 radical (unpaired) electrons. The molecule has 2 fully saturated rings. The molecular weight excluding hydrogens is 486 g/mol. The van der Waals surface area contributed by atoms with Gasteiger partial charge in [0.05, 0.1) is 12.0 Å². The van der Waals surface area contributed by atoms with Crippen LogP contribution >= 0.6 is 0 Å². The van der Waals surface area contributed by atoms with E-state index in [0.29, 0.717) is 18.9 Å². The van der Waals surface area contributed by atoms with E-state index in [1.165, 1.54) is 62.5 Å². The Hall–Kier alpha value is -1.90. The van der Waals surface area contributed by atoms with E-state index in [2.05, 4.69) is 26.9 Å². The molecule has 0 aromatic rings. The van der Waals surface area contributed by atoms with Gasteiger partial charge in [-0.3, -0.25) is 4.90 Å². The van der Waals surface area contributed by atoms with Crippen LogP contribution in [0.2, 0.25) is 0 Å². The maximum Gasteiger partial charge on any atom is 0.209 e. The molecule has 37 heavy (non-hydrogen) atoms. The van der Waals surface area contributed by atoms with Crippen molar-refractivity contribution in [3.05, 3.63) is 47.5 Å². The Bertz CT molecular complexity index is 1010. The van der Waals surface area contributed by atoms with E-state index < -0.39 is 10.0 Å². The summed E-state index contributed by atoms with van der Waals surface area (Å²) in [6, 6.07) is -0.202. The molecule has 0 unspecified atom stereocenters. The quantitative estimate of drug-likeness (QED) is 0.284. The van der Waals surface area contributed by atoms with Crippen LogP contribution in [0, 0.1) is 11.8 Å². The number of likely N-dealkylation sites (tertiary alicyclic amines) is 1. The van der Waals surface area contributed by atoms with Crippen molar-refractivity contribution in [3.8, 4) is 0 Å². The summed E-state index contributed by atoms with van der Waals surface area (Å²) in [7, 11) is -3.21. The van der Waals surface area contributed by atoms with Crippen molar-refractivity contribution in [2.45, 2.75) is 83.6 Å². The summed E-state index contributed by atoms with van der Waals surface area (Å²) in [5, 5.41) is 4.60.